The van der Waals surface area contributed by atoms with Crippen LogP contribution in [0.25, 0.3) is 22.7 Å². The number of sulfone groups is 1. The number of carbonyl (C=O) groups is 1. The Morgan fingerprint density at radius 2 is 1.93 bits per heavy atom. The molecule has 1 atom stereocenters. The number of hydrogen-bond acceptors (Lipinski definition) is 7. The molecule has 2 aromatic heterocycles. The van der Waals surface area contributed by atoms with Crippen molar-refractivity contribution in [3.63, 3.8) is 0 Å². The van der Waals surface area contributed by atoms with E-state index in [9.17, 15) is 17.4 Å². The van der Waals surface area contributed by atoms with Gasteiger partial charge in [0.1, 0.15) is 11.2 Å². The molecule has 0 spiro atoms. The minimum absolute atomic E-state index is 0.00783. The molecule has 0 aliphatic rings. The minimum atomic E-state index is -3.73. The van der Waals surface area contributed by atoms with Crippen molar-refractivity contribution in [3.05, 3.63) is 36.0 Å². The Morgan fingerprint density at radius 1 is 1.24 bits per heavy atom. The summed E-state index contributed by atoms with van der Waals surface area (Å²) in [5, 5.41) is 0. The third kappa shape index (κ3) is 4.08. The van der Waals surface area contributed by atoms with E-state index in [1.807, 2.05) is 20.8 Å². The van der Waals surface area contributed by atoms with Gasteiger partial charge in [0.25, 0.3) is 0 Å². The Bertz CT molecular complexity index is 1240. The van der Waals surface area contributed by atoms with Gasteiger partial charge in [0.2, 0.25) is 11.8 Å². The molecule has 1 unspecified atom stereocenters. The van der Waals surface area contributed by atoms with E-state index >= 15 is 0 Å². The predicted molar refractivity (Wildman–Crippen MR) is 110 cm³/mol. The number of nitrogens with two attached hydrogens (primary N) is 1. The maximum Gasteiger partial charge on any atom is 0.250 e. The first-order valence-corrected chi connectivity index (χ1v) is 11.6. The van der Waals surface area contributed by atoms with Gasteiger partial charge in [-0.15, -0.1) is 0 Å². The first-order chi connectivity index (χ1) is 13.4. The lowest BCUT2D eigenvalue weighted by Crippen LogP contribution is -2.21. The van der Waals surface area contributed by atoms with Crippen molar-refractivity contribution in [3.8, 4) is 11.6 Å². The highest BCUT2D eigenvalue weighted by Gasteiger charge is 2.25. The maximum atomic E-state index is 12.6. The van der Waals surface area contributed by atoms with Crippen molar-refractivity contribution in [2.24, 2.45) is 5.73 Å². The number of pyridine rings is 1. The SMILES string of the molecule is CCS(=O)(=O)c1cc(C(N)=O)cnc1-c1nc2cc(S(=O)C(C)(C)C)ccc2o1. The zero-order chi connectivity index (χ0) is 21.6. The van der Waals surface area contributed by atoms with E-state index in [2.05, 4.69) is 9.97 Å². The van der Waals surface area contributed by atoms with Crippen LogP contribution in [0.4, 0.5) is 0 Å². The van der Waals surface area contributed by atoms with E-state index in [0.29, 0.717) is 16.0 Å². The molecule has 10 heteroatoms. The zero-order valence-electron chi connectivity index (χ0n) is 16.4. The van der Waals surface area contributed by atoms with Gasteiger partial charge in [0.05, 0.1) is 27.0 Å². The Labute approximate surface area is 170 Å². The molecule has 0 fully saturated rings. The number of hydrogen-bond donors (Lipinski definition) is 1. The molecular formula is C19H21N3O5S2. The van der Waals surface area contributed by atoms with Gasteiger partial charge >= 0.3 is 0 Å². The molecule has 3 rings (SSSR count). The second-order valence-corrected chi connectivity index (χ2v) is 11.8. The summed E-state index contributed by atoms with van der Waals surface area (Å²) in [5.74, 6) is -0.996. The van der Waals surface area contributed by atoms with Crippen LogP contribution < -0.4 is 5.73 Å². The molecule has 8 nitrogen and oxygen atoms in total. The number of fused-ring (bicyclic) bond motifs is 1. The second kappa shape index (κ2) is 7.34. The van der Waals surface area contributed by atoms with Crippen LogP contribution in [-0.2, 0) is 20.6 Å². The van der Waals surface area contributed by atoms with Gasteiger partial charge in [-0.3, -0.25) is 9.00 Å². The molecule has 2 N–H and O–H groups in total. The molecule has 0 saturated carbocycles. The van der Waals surface area contributed by atoms with Gasteiger partial charge < -0.3 is 10.2 Å². The van der Waals surface area contributed by atoms with Crippen molar-refractivity contribution in [1.82, 2.24) is 9.97 Å². The molecule has 0 aliphatic heterocycles. The number of amides is 1. The Hall–Kier alpha value is -2.59. The fraction of sp³-hybridized carbons (Fsp3) is 0.316. The minimum Gasteiger partial charge on any atom is -0.435 e. The fourth-order valence-electron chi connectivity index (χ4n) is 2.61. The van der Waals surface area contributed by atoms with Gasteiger partial charge in [-0.25, -0.2) is 18.4 Å². The molecule has 29 heavy (non-hydrogen) atoms. The van der Waals surface area contributed by atoms with Crippen molar-refractivity contribution in [2.45, 2.75) is 42.2 Å². The molecule has 3 aromatic rings. The summed E-state index contributed by atoms with van der Waals surface area (Å²) in [5.41, 5.74) is 6.04. The van der Waals surface area contributed by atoms with Gasteiger partial charge in [-0.1, -0.05) is 6.92 Å². The topological polar surface area (TPSA) is 133 Å². The number of primary amides is 1. The van der Waals surface area contributed by atoms with Crippen molar-refractivity contribution in [2.75, 3.05) is 5.75 Å². The number of rotatable bonds is 5. The van der Waals surface area contributed by atoms with E-state index < -0.39 is 31.3 Å². The lowest BCUT2D eigenvalue weighted by atomic mass is 10.2. The molecule has 0 saturated heterocycles. The molecule has 2 heterocycles. The van der Waals surface area contributed by atoms with Crippen LogP contribution in [0.15, 0.2) is 44.7 Å². The van der Waals surface area contributed by atoms with Crippen LogP contribution >= 0.6 is 0 Å². The van der Waals surface area contributed by atoms with Gasteiger partial charge in [-0.05, 0) is 45.0 Å². The monoisotopic (exact) mass is 435 g/mol. The molecule has 1 aromatic carbocycles. The summed E-state index contributed by atoms with van der Waals surface area (Å²) in [6.07, 6.45) is 1.18. The number of carbonyl (C=O) groups excluding carboxylic acids is 1. The van der Waals surface area contributed by atoms with Crippen LogP contribution in [0, 0.1) is 0 Å². The van der Waals surface area contributed by atoms with Crippen LogP contribution in [-0.4, -0.2) is 39.0 Å². The molecule has 154 valence electrons. The summed E-state index contributed by atoms with van der Waals surface area (Å²) in [6, 6.07) is 6.15. The predicted octanol–water partition coefficient (Wildman–Crippen LogP) is 2.69. The zero-order valence-corrected chi connectivity index (χ0v) is 18.1. The third-order valence-corrected chi connectivity index (χ3v) is 7.72. The van der Waals surface area contributed by atoms with E-state index in [0.717, 1.165) is 0 Å². The normalized spacial score (nSPS) is 13.5. The number of benzene rings is 1. The molecule has 0 aliphatic carbocycles. The maximum absolute atomic E-state index is 12.6. The van der Waals surface area contributed by atoms with Crippen LogP contribution in [0.3, 0.4) is 0 Å². The first-order valence-electron chi connectivity index (χ1n) is 8.79. The summed E-state index contributed by atoms with van der Waals surface area (Å²) >= 11 is 0. The number of oxazole rings is 1. The number of nitrogens with zero attached hydrogens (tertiary/aromatic N) is 2. The third-order valence-electron chi connectivity index (χ3n) is 4.18. The van der Waals surface area contributed by atoms with Gasteiger partial charge in [0.15, 0.2) is 15.4 Å². The molecular weight excluding hydrogens is 414 g/mol. The fourth-order valence-corrected chi connectivity index (χ4v) is 4.78. The van der Waals surface area contributed by atoms with Crippen LogP contribution in [0.1, 0.15) is 38.1 Å². The summed E-state index contributed by atoms with van der Waals surface area (Å²) < 4.78 is 43.0. The smallest absolute Gasteiger partial charge is 0.250 e. The second-order valence-electron chi connectivity index (χ2n) is 7.37. The highest BCUT2D eigenvalue weighted by atomic mass is 32.2. The average Bonchev–Trinajstić information content (AvgIpc) is 3.09. The Balaban J connectivity index is 2.18. The van der Waals surface area contributed by atoms with E-state index in [4.69, 9.17) is 10.2 Å². The Kier molecular flexibility index (Phi) is 5.35. The lowest BCUT2D eigenvalue weighted by molar-refractivity contribution is 0.0999. The van der Waals surface area contributed by atoms with E-state index in [1.54, 1.807) is 18.2 Å². The summed E-state index contributed by atoms with van der Waals surface area (Å²) in [6.45, 7) is 7.09. The van der Waals surface area contributed by atoms with Gasteiger partial charge in [0, 0.05) is 15.8 Å². The largest absolute Gasteiger partial charge is 0.435 e. The summed E-state index contributed by atoms with van der Waals surface area (Å²) in [4.78, 5) is 20.3. The van der Waals surface area contributed by atoms with Crippen LogP contribution in [0.5, 0.6) is 0 Å². The molecule has 0 bridgehead atoms. The lowest BCUT2D eigenvalue weighted by Gasteiger charge is -2.17. The quantitative estimate of drug-likeness (QED) is 0.651. The van der Waals surface area contributed by atoms with Crippen molar-refractivity contribution < 1.29 is 21.8 Å². The van der Waals surface area contributed by atoms with Gasteiger partial charge in [-0.2, -0.15) is 0 Å². The standard InChI is InChI=1S/C19H21N3O5S2/c1-5-29(25,26)15-8-11(17(20)23)10-21-16(15)18-22-13-9-12(6-7-14(13)27-18)28(24)19(2,3)4/h6-10H,5H2,1-4H3,(H2,20,23). The first kappa shape index (κ1) is 21.1. The highest BCUT2D eigenvalue weighted by molar-refractivity contribution is 7.91. The van der Waals surface area contributed by atoms with Crippen molar-refractivity contribution in [1.29, 1.82) is 0 Å². The van der Waals surface area contributed by atoms with Crippen molar-refractivity contribution >= 4 is 37.6 Å². The molecule has 1 amide bonds. The highest BCUT2D eigenvalue weighted by Crippen LogP contribution is 2.31. The Morgan fingerprint density at radius 3 is 2.52 bits per heavy atom. The molecule has 0 radical (unpaired) electrons. The summed E-state index contributed by atoms with van der Waals surface area (Å²) in [7, 11) is -5.00. The van der Waals surface area contributed by atoms with E-state index in [-0.39, 0.29) is 27.8 Å². The average molecular weight is 436 g/mol. The van der Waals surface area contributed by atoms with Crippen LogP contribution in [0.2, 0.25) is 0 Å². The number of aromatic nitrogens is 2. The van der Waals surface area contributed by atoms with E-state index in [1.165, 1.54) is 19.2 Å².